The molecule has 2 aromatic rings. The molecule has 0 amide bonds. The third-order valence-corrected chi connectivity index (χ3v) is 6.46. The zero-order valence-electron chi connectivity index (χ0n) is 13.6. The van der Waals surface area contributed by atoms with Gasteiger partial charge in [-0.2, -0.15) is 0 Å². The molecule has 1 spiro atoms. The molecule has 0 saturated carbocycles. The first-order valence-electron chi connectivity index (χ1n) is 8.60. The van der Waals surface area contributed by atoms with Crippen LogP contribution in [0.2, 0.25) is 10.0 Å². The Morgan fingerprint density at radius 3 is 2.84 bits per heavy atom. The number of nitrogens with one attached hydrogen (secondary N) is 1. The highest BCUT2D eigenvalue weighted by atomic mass is 35.5. The molecule has 0 aliphatic carbocycles. The summed E-state index contributed by atoms with van der Waals surface area (Å²) in [6.45, 7) is 4.06. The third-order valence-electron chi connectivity index (χ3n) is 5.64. The zero-order valence-corrected chi connectivity index (χ0v) is 15.1. The van der Waals surface area contributed by atoms with E-state index < -0.39 is 0 Å². The van der Waals surface area contributed by atoms with Crippen LogP contribution in [0.4, 0.5) is 5.82 Å². The number of piperidine rings is 3. The number of aliphatic imine (C=N–C) groups is 1. The minimum Gasteiger partial charge on any atom is -0.455 e. The summed E-state index contributed by atoms with van der Waals surface area (Å²) >= 11 is 12.4. The third kappa shape index (κ3) is 2.57. The maximum atomic E-state index is 6.32. The van der Waals surface area contributed by atoms with Crippen LogP contribution in [-0.4, -0.2) is 47.7 Å². The van der Waals surface area contributed by atoms with Crippen LogP contribution in [0.25, 0.3) is 10.8 Å². The first-order valence-corrected chi connectivity index (χ1v) is 9.35. The molecule has 3 fully saturated rings. The second-order valence-corrected chi connectivity index (χ2v) is 7.90. The van der Waals surface area contributed by atoms with Gasteiger partial charge in [0.25, 0.3) is 6.02 Å². The number of hydrogen-bond donors (Lipinski definition) is 1. The molecular weight excluding hydrogens is 359 g/mol. The van der Waals surface area contributed by atoms with Gasteiger partial charge in [-0.3, -0.25) is 10.2 Å². The van der Waals surface area contributed by atoms with Crippen molar-refractivity contribution in [3.05, 3.63) is 34.4 Å². The summed E-state index contributed by atoms with van der Waals surface area (Å²) < 4.78 is 6.29. The number of aromatic nitrogens is 1. The van der Waals surface area contributed by atoms with Crippen LogP contribution in [0.5, 0.6) is 0 Å². The Bertz CT molecular complexity index is 879. The quantitative estimate of drug-likeness (QED) is 0.821. The normalized spacial score (nSPS) is 30.6. The largest absolute Gasteiger partial charge is 0.455 e. The van der Waals surface area contributed by atoms with Crippen LogP contribution >= 0.6 is 23.2 Å². The van der Waals surface area contributed by atoms with Crippen molar-refractivity contribution in [3.63, 3.8) is 0 Å². The smallest absolute Gasteiger partial charge is 0.291 e. The minimum atomic E-state index is -0.156. The Balaban J connectivity index is 1.38. The predicted molar refractivity (Wildman–Crippen MR) is 101 cm³/mol. The summed E-state index contributed by atoms with van der Waals surface area (Å²) in [7, 11) is 0. The Morgan fingerprint density at radius 1 is 1.24 bits per heavy atom. The molecule has 1 atom stereocenters. The highest BCUT2D eigenvalue weighted by molar-refractivity contribution is 6.45. The molecular formula is C18H18Cl2N4O. The number of rotatable bonds is 1. The van der Waals surface area contributed by atoms with Crippen LogP contribution in [0.1, 0.15) is 12.8 Å². The number of fused-ring (bicyclic) bond motifs is 3. The number of benzene rings is 1. The molecule has 5 nitrogen and oxygen atoms in total. The topological polar surface area (TPSA) is 49.8 Å². The standard InChI is InChI=1S/C18H18Cl2N4O/c19-14-2-1-11-8-21-15(7-13(11)16(14)20)23-17-22-9-18(25-17)10-24-5-3-12(18)4-6-24/h1-2,7-8,12H,3-6,9-10H2,(H,21,22,23)/t18-/m0/s1. The summed E-state index contributed by atoms with van der Waals surface area (Å²) in [6, 6.07) is 6.13. The molecule has 1 aromatic carbocycles. The van der Waals surface area contributed by atoms with E-state index in [0.717, 1.165) is 23.9 Å². The summed E-state index contributed by atoms with van der Waals surface area (Å²) in [4.78, 5) is 11.5. The van der Waals surface area contributed by atoms with Gasteiger partial charge in [-0.15, -0.1) is 0 Å². The number of hydrogen-bond acceptors (Lipinski definition) is 5. The van der Waals surface area contributed by atoms with E-state index in [-0.39, 0.29) is 5.60 Å². The number of anilines is 1. The number of halogens is 2. The summed E-state index contributed by atoms with van der Waals surface area (Å²) in [5.41, 5.74) is -0.156. The first kappa shape index (κ1) is 15.7. The van der Waals surface area contributed by atoms with Gasteiger partial charge in [-0.05, 0) is 38.1 Å². The van der Waals surface area contributed by atoms with E-state index in [9.17, 15) is 0 Å². The number of amidine groups is 1. The monoisotopic (exact) mass is 376 g/mol. The van der Waals surface area contributed by atoms with Crippen molar-refractivity contribution in [3.8, 4) is 0 Å². The lowest BCUT2D eigenvalue weighted by molar-refractivity contribution is -0.0829. The summed E-state index contributed by atoms with van der Waals surface area (Å²) in [5.74, 6) is 1.26. The maximum Gasteiger partial charge on any atom is 0.291 e. The SMILES string of the molecule is Clc1ccc2cnc(NC3=NC[C@@]4(CN5CCC4CC5)O3)cc2c1Cl. The van der Waals surface area contributed by atoms with Gasteiger partial charge in [0.05, 0.1) is 16.6 Å². The Hall–Kier alpha value is -1.56. The Morgan fingerprint density at radius 2 is 2.08 bits per heavy atom. The van der Waals surface area contributed by atoms with E-state index in [2.05, 4.69) is 20.2 Å². The van der Waals surface area contributed by atoms with E-state index in [1.54, 1.807) is 12.3 Å². The van der Waals surface area contributed by atoms with Crippen molar-refractivity contribution >= 4 is 45.8 Å². The van der Waals surface area contributed by atoms with E-state index in [1.165, 1.54) is 25.9 Å². The lowest BCUT2D eigenvalue weighted by Gasteiger charge is -2.50. The first-order chi connectivity index (χ1) is 12.1. The lowest BCUT2D eigenvalue weighted by Crippen LogP contribution is -2.61. The van der Waals surface area contributed by atoms with Crippen molar-refractivity contribution in [1.82, 2.24) is 9.88 Å². The van der Waals surface area contributed by atoms with Gasteiger partial charge >= 0.3 is 0 Å². The van der Waals surface area contributed by atoms with E-state index in [1.807, 2.05) is 12.1 Å². The minimum absolute atomic E-state index is 0.156. The summed E-state index contributed by atoms with van der Waals surface area (Å²) in [5, 5.41) is 6.09. The van der Waals surface area contributed by atoms with Crippen molar-refractivity contribution in [2.75, 3.05) is 31.5 Å². The molecule has 3 saturated heterocycles. The fraction of sp³-hybridized carbons (Fsp3) is 0.444. The molecule has 1 N–H and O–H groups in total. The maximum absolute atomic E-state index is 6.32. The Kier molecular flexibility index (Phi) is 3.59. The van der Waals surface area contributed by atoms with Crippen molar-refractivity contribution in [1.29, 1.82) is 0 Å². The molecule has 6 rings (SSSR count). The molecule has 5 heterocycles. The van der Waals surface area contributed by atoms with Crippen LogP contribution in [0, 0.1) is 5.92 Å². The van der Waals surface area contributed by atoms with Crippen molar-refractivity contribution in [2.24, 2.45) is 10.9 Å². The van der Waals surface area contributed by atoms with Gasteiger partial charge in [0.2, 0.25) is 0 Å². The van der Waals surface area contributed by atoms with E-state index >= 15 is 0 Å². The highest BCUT2D eigenvalue weighted by Gasteiger charge is 2.51. The average Bonchev–Trinajstić information content (AvgIpc) is 3.01. The second-order valence-electron chi connectivity index (χ2n) is 7.12. The number of pyridine rings is 1. The van der Waals surface area contributed by atoms with E-state index in [4.69, 9.17) is 27.9 Å². The summed E-state index contributed by atoms with van der Waals surface area (Å²) in [6.07, 6.45) is 4.18. The van der Waals surface area contributed by atoms with Crippen LogP contribution in [0.15, 0.2) is 29.4 Å². The van der Waals surface area contributed by atoms with Crippen LogP contribution in [0.3, 0.4) is 0 Å². The number of nitrogens with zero attached hydrogens (tertiary/aromatic N) is 3. The average molecular weight is 377 g/mol. The second kappa shape index (κ2) is 5.73. The molecule has 1 aromatic heterocycles. The highest BCUT2D eigenvalue weighted by Crippen LogP contribution is 2.41. The molecule has 0 unspecified atom stereocenters. The molecule has 0 radical (unpaired) electrons. The van der Waals surface area contributed by atoms with Gasteiger partial charge in [0, 0.05) is 29.4 Å². The molecule has 130 valence electrons. The van der Waals surface area contributed by atoms with Crippen LogP contribution in [-0.2, 0) is 4.74 Å². The fourth-order valence-electron chi connectivity index (χ4n) is 4.28. The van der Waals surface area contributed by atoms with Crippen molar-refractivity contribution < 1.29 is 4.74 Å². The van der Waals surface area contributed by atoms with Crippen molar-refractivity contribution in [2.45, 2.75) is 18.4 Å². The van der Waals surface area contributed by atoms with Gasteiger partial charge < -0.3 is 4.74 Å². The van der Waals surface area contributed by atoms with Gasteiger partial charge in [-0.25, -0.2) is 9.98 Å². The van der Waals surface area contributed by atoms with Gasteiger partial charge in [-0.1, -0.05) is 29.3 Å². The molecule has 4 aliphatic rings. The molecule has 4 aliphatic heterocycles. The van der Waals surface area contributed by atoms with Crippen LogP contribution < -0.4 is 5.32 Å². The lowest BCUT2D eigenvalue weighted by atomic mass is 9.75. The predicted octanol–water partition coefficient (Wildman–Crippen LogP) is 3.80. The number of ether oxygens (including phenoxy) is 1. The molecule has 2 bridgehead atoms. The zero-order chi connectivity index (χ0) is 17.0. The van der Waals surface area contributed by atoms with E-state index in [0.29, 0.717) is 27.8 Å². The molecule has 7 heteroatoms. The molecule has 25 heavy (non-hydrogen) atoms. The van der Waals surface area contributed by atoms with Gasteiger partial charge in [0.1, 0.15) is 11.4 Å². The Labute approximate surface area is 156 Å². The van der Waals surface area contributed by atoms with Gasteiger partial charge in [0.15, 0.2) is 0 Å². The fourth-order valence-corrected chi connectivity index (χ4v) is 4.67.